The van der Waals surface area contributed by atoms with E-state index in [1.165, 1.54) is 0 Å². The number of rotatable bonds is 8. The number of allylic oxidation sites excluding steroid dienone is 2. The molecule has 1 rings (SSSR count). The van der Waals surface area contributed by atoms with Crippen molar-refractivity contribution in [1.29, 1.82) is 0 Å². The van der Waals surface area contributed by atoms with Gasteiger partial charge >= 0.3 is 0 Å². The monoisotopic (exact) mass is 273 g/mol. The summed E-state index contributed by atoms with van der Waals surface area (Å²) < 4.78 is 0. The van der Waals surface area contributed by atoms with Crippen LogP contribution in [-0.2, 0) is 0 Å². The van der Waals surface area contributed by atoms with Crippen LogP contribution in [0.25, 0.3) is 6.08 Å². The molecule has 0 radical (unpaired) electrons. The lowest BCUT2D eigenvalue weighted by Gasteiger charge is -2.19. The Morgan fingerprint density at radius 3 is 2.25 bits per heavy atom. The van der Waals surface area contributed by atoms with Crippen LogP contribution >= 0.6 is 0 Å². The fraction of sp³-hybridized carbons (Fsp3) is 0.471. The van der Waals surface area contributed by atoms with Crippen molar-refractivity contribution < 1.29 is 0 Å². The molecule has 110 valence electrons. The summed E-state index contributed by atoms with van der Waals surface area (Å²) in [6, 6.07) is 6.17. The Hall–Kier alpha value is -1.77. The lowest BCUT2D eigenvalue weighted by molar-refractivity contribution is 0.419. The molecular formula is C17H27N3. The highest BCUT2D eigenvalue weighted by Crippen LogP contribution is 2.11. The Labute approximate surface area is 123 Å². The highest BCUT2D eigenvalue weighted by Gasteiger charge is 2.02. The van der Waals surface area contributed by atoms with Crippen molar-refractivity contribution >= 4 is 11.9 Å². The maximum Gasteiger partial charge on any atom is 0.129 e. The molecule has 0 aliphatic heterocycles. The quantitative estimate of drug-likeness (QED) is 0.672. The summed E-state index contributed by atoms with van der Waals surface area (Å²) in [4.78, 5) is 9.17. The van der Waals surface area contributed by atoms with Crippen molar-refractivity contribution in [3.8, 4) is 0 Å². The third kappa shape index (κ3) is 5.08. The molecule has 3 heteroatoms. The Bertz CT molecular complexity index is 430. The first-order chi connectivity index (χ1) is 9.74. The van der Waals surface area contributed by atoms with Crippen LogP contribution in [-0.4, -0.2) is 36.1 Å². The van der Waals surface area contributed by atoms with Crippen molar-refractivity contribution in [3.63, 3.8) is 0 Å². The van der Waals surface area contributed by atoms with E-state index in [2.05, 4.69) is 66.9 Å². The van der Waals surface area contributed by atoms with Gasteiger partial charge < -0.3 is 9.80 Å². The minimum absolute atomic E-state index is 0.985. The van der Waals surface area contributed by atoms with Gasteiger partial charge in [-0.25, -0.2) is 4.98 Å². The molecule has 1 aromatic heterocycles. The molecule has 0 aromatic carbocycles. The van der Waals surface area contributed by atoms with Crippen molar-refractivity contribution in [2.75, 3.05) is 31.1 Å². The molecule has 0 N–H and O–H groups in total. The molecule has 0 atom stereocenters. The van der Waals surface area contributed by atoms with Crippen molar-refractivity contribution in [3.05, 3.63) is 42.2 Å². The van der Waals surface area contributed by atoms with Gasteiger partial charge in [-0.15, -0.1) is 0 Å². The van der Waals surface area contributed by atoms with E-state index in [1.807, 2.05) is 18.2 Å². The summed E-state index contributed by atoms with van der Waals surface area (Å²) in [6.45, 7) is 12.7. The maximum atomic E-state index is 4.66. The first kappa shape index (κ1) is 16.3. The largest absolute Gasteiger partial charge is 0.378 e. The molecule has 1 heterocycles. The van der Waals surface area contributed by atoms with Crippen molar-refractivity contribution in [1.82, 2.24) is 9.88 Å². The average molecular weight is 273 g/mol. The molecule has 0 spiro atoms. The fourth-order valence-corrected chi connectivity index (χ4v) is 2.02. The van der Waals surface area contributed by atoms with Gasteiger partial charge in [0.1, 0.15) is 5.82 Å². The number of anilines is 1. The Morgan fingerprint density at radius 1 is 0.950 bits per heavy atom. The molecule has 0 bridgehead atoms. The van der Waals surface area contributed by atoms with E-state index in [0.717, 1.165) is 37.7 Å². The second-order valence-electron chi connectivity index (χ2n) is 4.51. The lowest BCUT2D eigenvalue weighted by Crippen LogP contribution is -2.22. The molecule has 0 fully saturated rings. The number of nitrogens with zero attached hydrogens (tertiary/aromatic N) is 3. The van der Waals surface area contributed by atoms with Gasteiger partial charge in [-0.1, -0.05) is 12.1 Å². The van der Waals surface area contributed by atoms with E-state index < -0.39 is 0 Å². The maximum absolute atomic E-state index is 4.66. The molecule has 0 saturated heterocycles. The summed E-state index contributed by atoms with van der Waals surface area (Å²) in [5.41, 5.74) is 0.999. The van der Waals surface area contributed by atoms with Crippen LogP contribution in [0.15, 0.2) is 36.6 Å². The second-order valence-corrected chi connectivity index (χ2v) is 4.51. The van der Waals surface area contributed by atoms with E-state index in [-0.39, 0.29) is 0 Å². The van der Waals surface area contributed by atoms with E-state index in [9.17, 15) is 0 Å². The smallest absolute Gasteiger partial charge is 0.129 e. The third-order valence-electron chi connectivity index (χ3n) is 3.33. The van der Waals surface area contributed by atoms with Gasteiger partial charge in [0.25, 0.3) is 0 Å². The first-order valence-electron chi connectivity index (χ1n) is 7.56. The zero-order valence-electron chi connectivity index (χ0n) is 13.2. The predicted octanol–water partition coefficient (Wildman–Crippen LogP) is 3.80. The van der Waals surface area contributed by atoms with Crippen molar-refractivity contribution in [2.45, 2.75) is 27.7 Å². The molecule has 0 saturated carbocycles. The molecule has 20 heavy (non-hydrogen) atoms. The Balaban J connectivity index is 2.71. The van der Waals surface area contributed by atoms with Gasteiger partial charge in [-0.3, -0.25) is 0 Å². The summed E-state index contributed by atoms with van der Waals surface area (Å²) in [5, 5.41) is 0. The minimum atomic E-state index is 0.985. The molecule has 1 aromatic rings. The lowest BCUT2D eigenvalue weighted by atomic mass is 10.3. The first-order valence-corrected chi connectivity index (χ1v) is 7.56. The number of aromatic nitrogens is 1. The summed E-state index contributed by atoms with van der Waals surface area (Å²) in [7, 11) is 0. The molecule has 0 unspecified atom stereocenters. The summed E-state index contributed by atoms with van der Waals surface area (Å²) in [5.74, 6) is 1.05. The number of pyridine rings is 1. The zero-order valence-corrected chi connectivity index (χ0v) is 13.2. The van der Waals surface area contributed by atoms with Crippen LogP contribution in [0.1, 0.15) is 33.4 Å². The number of hydrogen-bond acceptors (Lipinski definition) is 3. The normalized spacial score (nSPS) is 11.4. The zero-order chi connectivity index (χ0) is 14.8. The van der Waals surface area contributed by atoms with E-state index in [1.54, 1.807) is 0 Å². The Kier molecular flexibility index (Phi) is 7.48. The minimum Gasteiger partial charge on any atom is -0.378 e. The molecule has 0 amide bonds. The second kappa shape index (κ2) is 9.18. The van der Waals surface area contributed by atoms with Crippen LogP contribution in [0.4, 0.5) is 5.82 Å². The van der Waals surface area contributed by atoms with Crippen molar-refractivity contribution in [2.24, 2.45) is 0 Å². The van der Waals surface area contributed by atoms with Gasteiger partial charge in [-0.05, 0) is 58.2 Å². The molecule has 0 aliphatic carbocycles. The highest BCUT2D eigenvalue weighted by molar-refractivity contribution is 5.51. The average Bonchev–Trinajstić information content (AvgIpc) is 2.49. The third-order valence-corrected chi connectivity index (χ3v) is 3.33. The van der Waals surface area contributed by atoms with Gasteiger partial charge in [-0.2, -0.15) is 0 Å². The standard InChI is InChI=1S/C17H27N3/c1-5-19(6-2)15-10-9-12-16-13-11-14-17(18-16)20(7-3)8-4/h9-15H,5-8H2,1-4H3/b12-9-,15-10+. The van der Waals surface area contributed by atoms with E-state index in [0.29, 0.717) is 0 Å². The van der Waals surface area contributed by atoms with Crippen LogP contribution in [0.2, 0.25) is 0 Å². The SMILES string of the molecule is CCN(/C=C/C=C\c1cccc(N(CC)CC)n1)CC. The molecule has 3 nitrogen and oxygen atoms in total. The van der Waals surface area contributed by atoms with E-state index >= 15 is 0 Å². The van der Waals surface area contributed by atoms with Crippen LogP contribution in [0, 0.1) is 0 Å². The highest BCUT2D eigenvalue weighted by atomic mass is 15.2. The molecule has 0 aliphatic rings. The predicted molar refractivity (Wildman–Crippen MR) is 88.9 cm³/mol. The Morgan fingerprint density at radius 2 is 1.65 bits per heavy atom. The van der Waals surface area contributed by atoms with Gasteiger partial charge in [0.2, 0.25) is 0 Å². The van der Waals surface area contributed by atoms with Crippen LogP contribution in [0.5, 0.6) is 0 Å². The summed E-state index contributed by atoms with van der Waals surface area (Å²) >= 11 is 0. The van der Waals surface area contributed by atoms with Gasteiger partial charge in [0, 0.05) is 26.2 Å². The van der Waals surface area contributed by atoms with E-state index in [4.69, 9.17) is 0 Å². The fourth-order valence-electron chi connectivity index (χ4n) is 2.02. The van der Waals surface area contributed by atoms with Gasteiger partial charge in [0.15, 0.2) is 0 Å². The van der Waals surface area contributed by atoms with Gasteiger partial charge in [0.05, 0.1) is 5.69 Å². The van der Waals surface area contributed by atoms with Crippen LogP contribution in [0.3, 0.4) is 0 Å². The summed E-state index contributed by atoms with van der Waals surface area (Å²) in [6.07, 6.45) is 8.28. The number of hydrogen-bond donors (Lipinski definition) is 0. The topological polar surface area (TPSA) is 19.4 Å². The van der Waals surface area contributed by atoms with Crippen LogP contribution < -0.4 is 4.90 Å². The molecular weight excluding hydrogens is 246 g/mol.